The van der Waals surface area contributed by atoms with Crippen LogP contribution in [0, 0.1) is 20.8 Å². The van der Waals surface area contributed by atoms with Crippen LogP contribution in [0.4, 0.5) is 5.69 Å². The lowest BCUT2D eigenvalue weighted by atomic mass is 9.90. The zero-order valence-electron chi connectivity index (χ0n) is 14.7. The average molecular weight is 321 g/mol. The number of benzene rings is 1. The molecule has 1 atom stereocenters. The Morgan fingerprint density at radius 3 is 1.91 bits per heavy atom. The summed E-state index contributed by atoms with van der Waals surface area (Å²) >= 11 is 0. The lowest BCUT2D eigenvalue weighted by Gasteiger charge is -2.20. The van der Waals surface area contributed by atoms with Gasteiger partial charge in [0.15, 0.2) is 0 Å². The van der Waals surface area contributed by atoms with Gasteiger partial charge in [-0.2, -0.15) is 0 Å². The maximum atomic E-state index is 12.5. The number of carbonyl (C=O) groups is 2. The van der Waals surface area contributed by atoms with Gasteiger partial charge in [-0.1, -0.05) is 0 Å². The van der Waals surface area contributed by atoms with E-state index in [0.29, 0.717) is 33.5 Å². The molecule has 0 spiro atoms. The van der Waals surface area contributed by atoms with Crippen LogP contribution in [0.25, 0.3) is 0 Å². The molecular formula is C17H27N3O3. The lowest BCUT2D eigenvalue weighted by Crippen LogP contribution is -2.34. The number of nitrogens with two attached hydrogens (primary N) is 1. The van der Waals surface area contributed by atoms with Crippen LogP contribution in [0.5, 0.6) is 0 Å². The summed E-state index contributed by atoms with van der Waals surface area (Å²) in [6.45, 7) is 10.8. The van der Waals surface area contributed by atoms with E-state index in [1.165, 1.54) is 0 Å². The van der Waals surface area contributed by atoms with Crippen LogP contribution in [-0.2, 0) is 0 Å². The van der Waals surface area contributed by atoms with Gasteiger partial charge in [0.1, 0.15) is 0 Å². The van der Waals surface area contributed by atoms with E-state index in [9.17, 15) is 14.7 Å². The summed E-state index contributed by atoms with van der Waals surface area (Å²) in [5, 5.41) is 14.8. The van der Waals surface area contributed by atoms with Crippen molar-refractivity contribution in [1.29, 1.82) is 0 Å². The smallest absolute Gasteiger partial charge is 0.252 e. The Hall–Kier alpha value is -2.08. The van der Waals surface area contributed by atoms with Gasteiger partial charge in [-0.3, -0.25) is 9.59 Å². The molecule has 128 valence electrons. The van der Waals surface area contributed by atoms with Gasteiger partial charge >= 0.3 is 0 Å². The molecule has 1 aromatic carbocycles. The zero-order chi connectivity index (χ0) is 17.9. The number of rotatable bonds is 5. The minimum absolute atomic E-state index is 0.0173. The zero-order valence-corrected chi connectivity index (χ0v) is 14.7. The fourth-order valence-corrected chi connectivity index (χ4v) is 2.58. The lowest BCUT2D eigenvalue weighted by molar-refractivity contribution is 0.0923. The fraction of sp³-hybridized carbons (Fsp3) is 0.529. The number of hydrogen-bond acceptors (Lipinski definition) is 4. The molecule has 1 aromatic rings. The van der Waals surface area contributed by atoms with Gasteiger partial charge in [0, 0.05) is 29.4 Å². The van der Waals surface area contributed by atoms with E-state index in [1.54, 1.807) is 27.7 Å². The van der Waals surface area contributed by atoms with Crippen molar-refractivity contribution in [2.75, 3.05) is 12.3 Å². The van der Waals surface area contributed by atoms with E-state index in [0.717, 1.165) is 0 Å². The molecule has 6 heteroatoms. The van der Waals surface area contributed by atoms with Crippen LogP contribution >= 0.6 is 0 Å². The molecular weight excluding hydrogens is 294 g/mol. The van der Waals surface area contributed by atoms with E-state index in [4.69, 9.17) is 5.73 Å². The number of aliphatic hydroxyl groups excluding tert-OH is 1. The molecule has 0 aliphatic heterocycles. The predicted molar refractivity (Wildman–Crippen MR) is 91.7 cm³/mol. The Balaban J connectivity index is 3.40. The Bertz CT molecular complexity index is 622. The van der Waals surface area contributed by atoms with Crippen LogP contribution in [0.3, 0.4) is 0 Å². The van der Waals surface area contributed by atoms with Crippen LogP contribution in [-0.4, -0.2) is 35.6 Å². The van der Waals surface area contributed by atoms with E-state index >= 15 is 0 Å². The summed E-state index contributed by atoms with van der Waals surface area (Å²) in [6, 6.07) is -0.0173. The largest absolute Gasteiger partial charge is 0.398 e. The molecule has 0 fully saturated rings. The van der Waals surface area contributed by atoms with Gasteiger partial charge in [-0.15, -0.1) is 0 Å². The minimum atomic E-state index is -0.647. The van der Waals surface area contributed by atoms with Crippen LogP contribution in [0.2, 0.25) is 0 Å². The first-order valence-electron chi connectivity index (χ1n) is 7.74. The topological polar surface area (TPSA) is 104 Å². The number of hydrogen-bond donors (Lipinski definition) is 4. The second kappa shape index (κ2) is 7.46. The first-order valence-corrected chi connectivity index (χ1v) is 7.74. The van der Waals surface area contributed by atoms with E-state index in [-0.39, 0.29) is 24.4 Å². The standard InChI is InChI=1S/C17H27N3O3/c1-8(2)20-17(23)14-10(4)13(11(5)15(18)12(14)6)16(22)19-7-9(3)21/h8-9,21H,7,18H2,1-6H3,(H,19,22)(H,20,23). The van der Waals surface area contributed by atoms with Crippen LogP contribution in [0.15, 0.2) is 0 Å². The number of carbonyl (C=O) groups excluding carboxylic acids is 2. The van der Waals surface area contributed by atoms with Gasteiger partial charge in [0.25, 0.3) is 11.8 Å². The maximum Gasteiger partial charge on any atom is 0.252 e. The molecule has 0 saturated carbocycles. The van der Waals surface area contributed by atoms with E-state index in [1.807, 2.05) is 13.8 Å². The van der Waals surface area contributed by atoms with Crippen molar-refractivity contribution < 1.29 is 14.7 Å². The number of aliphatic hydroxyl groups is 1. The number of nitrogen functional groups attached to an aromatic ring is 1. The summed E-state index contributed by atoms with van der Waals surface area (Å²) in [5.74, 6) is -0.586. The second-order valence-electron chi connectivity index (χ2n) is 6.23. The summed E-state index contributed by atoms with van der Waals surface area (Å²) in [4.78, 5) is 24.9. The maximum absolute atomic E-state index is 12.5. The predicted octanol–water partition coefficient (Wildman–Crippen LogP) is 1.44. The minimum Gasteiger partial charge on any atom is -0.398 e. The molecule has 0 aromatic heterocycles. The molecule has 2 amide bonds. The highest BCUT2D eigenvalue weighted by Gasteiger charge is 2.24. The normalized spacial score (nSPS) is 12.2. The SMILES string of the molecule is Cc1c(N)c(C)c(C(=O)NC(C)C)c(C)c1C(=O)NCC(C)O. The third kappa shape index (κ3) is 4.22. The van der Waals surface area contributed by atoms with Gasteiger partial charge in [-0.05, 0) is 58.2 Å². The van der Waals surface area contributed by atoms with Gasteiger partial charge in [-0.25, -0.2) is 0 Å². The number of anilines is 1. The second-order valence-corrected chi connectivity index (χ2v) is 6.23. The third-order valence-corrected chi connectivity index (χ3v) is 3.74. The Kier molecular flexibility index (Phi) is 6.15. The fourth-order valence-electron chi connectivity index (χ4n) is 2.58. The molecule has 0 aliphatic rings. The molecule has 23 heavy (non-hydrogen) atoms. The van der Waals surface area contributed by atoms with Crippen LogP contribution < -0.4 is 16.4 Å². The van der Waals surface area contributed by atoms with Gasteiger partial charge in [0.2, 0.25) is 0 Å². The first kappa shape index (κ1) is 19.0. The monoisotopic (exact) mass is 321 g/mol. The summed E-state index contributed by atoms with van der Waals surface area (Å²) in [5.41, 5.74) is 9.27. The third-order valence-electron chi connectivity index (χ3n) is 3.74. The average Bonchev–Trinajstić information content (AvgIpc) is 2.42. The Labute approximate surface area is 137 Å². The summed E-state index contributed by atoms with van der Waals surface area (Å²) < 4.78 is 0. The van der Waals surface area contributed by atoms with Crippen molar-refractivity contribution in [2.45, 2.75) is 53.7 Å². The summed E-state index contributed by atoms with van der Waals surface area (Å²) in [7, 11) is 0. The highest BCUT2D eigenvalue weighted by atomic mass is 16.3. The van der Waals surface area contributed by atoms with E-state index in [2.05, 4.69) is 10.6 Å². The van der Waals surface area contributed by atoms with Crippen molar-refractivity contribution in [3.63, 3.8) is 0 Å². The first-order chi connectivity index (χ1) is 10.6. The quantitative estimate of drug-likeness (QED) is 0.616. The van der Waals surface area contributed by atoms with Crippen molar-refractivity contribution in [3.05, 3.63) is 27.8 Å². The molecule has 0 saturated heterocycles. The van der Waals surface area contributed by atoms with Crippen LogP contribution in [0.1, 0.15) is 58.2 Å². The summed E-state index contributed by atoms with van der Waals surface area (Å²) in [6.07, 6.45) is -0.647. The molecule has 0 radical (unpaired) electrons. The molecule has 1 rings (SSSR count). The highest BCUT2D eigenvalue weighted by Crippen LogP contribution is 2.29. The van der Waals surface area contributed by atoms with E-state index < -0.39 is 6.10 Å². The van der Waals surface area contributed by atoms with Crippen molar-refractivity contribution in [2.24, 2.45) is 0 Å². The number of nitrogens with one attached hydrogen (secondary N) is 2. The Morgan fingerprint density at radius 1 is 1.00 bits per heavy atom. The van der Waals surface area contributed by atoms with Crippen molar-refractivity contribution >= 4 is 17.5 Å². The highest BCUT2D eigenvalue weighted by molar-refractivity contribution is 6.06. The molecule has 0 bridgehead atoms. The number of amides is 2. The van der Waals surface area contributed by atoms with Crippen molar-refractivity contribution in [3.8, 4) is 0 Å². The molecule has 6 nitrogen and oxygen atoms in total. The van der Waals surface area contributed by atoms with Crippen molar-refractivity contribution in [1.82, 2.24) is 10.6 Å². The Morgan fingerprint density at radius 2 is 1.48 bits per heavy atom. The molecule has 1 unspecified atom stereocenters. The molecule has 0 aliphatic carbocycles. The molecule has 5 N–H and O–H groups in total. The van der Waals surface area contributed by atoms with Gasteiger partial charge in [0.05, 0.1) is 6.10 Å². The van der Waals surface area contributed by atoms with Gasteiger partial charge < -0.3 is 21.5 Å². The molecule has 0 heterocycles.